The van der Waals surface area contributed by atoms with E-state index in [1.807, 2.05) is 24.3 Å². The van der Waals surface area contributed by atoms with Gasteiger partial charge in [0.2, 0.25) is 0 Å². The number of nitrogens with zero attached hydrogens (tertiary/aromatic N) is 1. The van der Waals surface area contributed by atoms with Crippen LogP contribution < -0.4 is 0 Å². The molecule has 0 spiro atoms. The summed E-state index contributed by atoms with van der Waals surface area (Å²) in [4.78, 5) is 4.11. The van der Waals surface area contributed by atoms with E-state index >= 15 is 0 Å². The first-order valence-electron chi connectivity index (χ1n) is 6.44. The van der Waals surface area contributed by atoms with Crippen molar-refractivity contribution >= 4 is 10.8 Å². The minimum absolute atomic E-state index is 0.187. The fourth-order valence-corrected chi connectivity index (χ4v) is 2.49. The summed E-state index contributed by atoms with van der Waals surface area (Å²) < 4.78 is 0. The molecule has 3 aromatic rings. The number of aliphatic hydroxyl groups is 1. The van der Waals surface area contributed by atoms with Crippen molar-refractivity contribution < 1.29 is 10.2 Å². The molecule has 0 saturated carbocycles. The number of hydrogen-bond acceptors (Lipinski definition) is 3. The molecular formula is C17H15NO2. The van der Waals surface area contributed by atoms with Gasteiger partial charge in [0.25, 0.3) is 0 Å². The fraction of sp³-hybridized carbons (Fsp3) is 0.118. The highest BCUT2D eigenvalue weighted by molar-refractivity contribution is 5.86. The SMILES string of the molecule is CC(O)(c1ccc(O)cc1)c1cccc2cnccc12. The summed E-state index contributed by atoms with van der Waals surface area (Å²) in [5.41, 5.74) is 0.428. The van der Waals surface area contributed by atoms with Gasteiger partial charge in [-0.15, -0.1) is 0 Å². The molecule has 100 valence electrons. The van der Waals surface area contributed by atoms with Crippen molar-refractivity contribution in [1.29, 1.82) is 0 Å². The largest absolute Gasteiger partial charge is 0.508 e. The van der Waals surface area contributed by atoms with Gasteiger partial charge in [0.15, 0.2) is 0 Å². The second kappa shape index (κ2) is 4.62. The van der Waals surface area contributed by atoms with E-state index in [9.17, 15) is 10.2 Å². The Morgan fingerprint density at radius 3 is 2.50 bits per heavy atom. The second-order valence-electron chi connectivity index (χ2n) is 5.02. The monoisotopic (exact) mass is 265 g/mol. The van der Waals surface area contributed by atoms with E-state index in [-0.39, 0.29) is 5.75 Å². The highest BCUT2D eigenvalue weighted by Crippen LogP contribution is 2.34. The van der Waals surface area contributed by atoms with E-state index in [0.717, 1.165) is 21.9 Å². The van der Waals surface area contributed by atoms with E-state index in [2.05, 4.69) is 4.98 Å². The summed E-state index contributed by atoms with van der Waals surface area (Å²) in [6, 6.07) is 14.3. The fourth-order valence-electron chi connectivity index (χ4n) is 2.49. The van der Waals surface area contributed by atoms with Crippen LogP contribution in [-0.2, 0) is 5.60 Å². The number of aromatic hydroxyl groups is 1. The Labute approximate surface area is 117 Å². The van der Waals surface area contributed by atoms with Crippen LogP contribution in [0.3, 0.4) is 0 Å². The third-order valence-electron chi connectivity index (χ3n) is 3.63. The van der Waals surface area contributed by atoms with Crippen LogP contribution in [0.25, 0.3) is 10.8 Å². The lowest BCUT2D eigenvalue weighted by Gasteiger charge is -2.26. The third kappa shape index (κ3) is 2.02. The molecule has 0 aliphatic carbocycles. The number of benzene rings is 2. The molecule has 0 fully saturated rings. The van der Waals surface area contributed by atoms with Crippen LogP contribution in [0, 0.1) is 0 Å². The summed E-state index contributed by atoms with van der Waals surface area (Å²) in [6.07, 6.45) is 3.50. The van der Waals surface area contributed by atoms with Crippen molar-refractivity contribution in [2.45, 2.75) is 12.5 Å². The van der Waals surface area contributed by atoms with E-state index < -0.39 is 5.60 Å². The number of rotatable bonds is 2. The minimum atomic E-state index is -1.13. The van der Waals surface area contributed by atoms with Crippen LogP contribution in [0.2, 0.25) is 0 Å². The molecule has 0 aliphatic heterocycles. The van der Waals surface area contributed by atoms with Gasteiger partial charge in [0.05, 0.1) is 0 Å². The number of hydrogen-bond donors (Lipinski definition) is 2. The normalized spacial score (nSPS) is 14.1. The van der Waals surface area contributed by atoms with Crippen molar-refractivity contribution in [3.63, 3.8) is 0 Å². The molecule has 3 nitrogen and oxygen atoms in total. The molecule has 2 aromatic carbocycles. The van der Waals surface area contributed by atoms with E-state index in [1.54, 1.807) is 43.6 Å². The van der Waals surface area contributed by atoms with Crippen molar-refractivity contribution in [3.8, 4) is 5.75 Å². The van der Waals surface area contributed by atoms with Crippen LogP contribution >= 0.6 is 0 Å². The molecule has 1 heterocycles. The summed E-state index contributed by atoms with van der Waals surface area (Å²) in [6.45, 7) is 1.76. The summed E-state index contributed by atoms with van der Waals surface area (Å²) >= 11 is 0. The Kier molecular flexibility index (Phi) is 2.92. The standard InChI is InChI=1S/C17H15NO2/c1-17(20,13-5-7-14(19)8-6-13)16-4-2-3-12-11-18-10-9-15(12)16/h2-11,19-20H,1H3. The molecule has 1 atom stereocenters. The van der Waals surface area contributed by atoms with Crippen molar-refractivity contribution in [1.82, 2.24) is 4.98 Å². The highest BCUT2D eigenvalue weighted by Gasteiger charge is 2.27. The number of pyridine rings is 1. The molecule has 0 saturated heterocycles. The van der Waals surface area contributed by atoms with Gasteiger partial charge >= 0.3 is 0 Å². The number of aromatic nitrogens is 1. The lowest BCUT2D eigenvalue weighted by atomic mass is 9.85. The Hall–Kier alpha value is -2.39. The van der Waals surface area contributed by atoms with Crippen LogP contribution in [0.5, 0.6) is 5.75 Å². The maximum Gasteiger partial charge on any atom is 0.115 e. The Balaban J connectivity index is 2.20. The Morgan fingerprint density at radius 1 is 1.00 bits per heavy atom. The first-order chi connectivity index (χ1) is 9.59. The summed E-state index contributed by atoms with van der Waals surface area (Å²) in [5.74, 6) is 0.187. The van der Waals surface area contributed by atoms with Crippen LogP contribution in [0.4, 0.5) is 0 Å². The Morgan fingerprint density at radius 2 is 1.75 bits per heavy atom. The maximum absolute atomic E-state index is 10.9. The predicted molar refractivity (Wildman–Crippen MR) is 78.5 cm³/mol. The van der Waals surface area contributed by atoms with Crippen molar-refractivity contribution in [2.24, 2.45) is 0 Å². The van der Waals surface area contributed by atoms with Gasteiger partial charge < -0.3 is 10.2 Å². The molecule has 0 radical (unpaired) electrons. The molecule has 0 bridgehead atoms. The lowest BCUT2D eigenvalue weighted by Crippen LogP contribution is -2.23. The molecule has 20 heavy (non-hydrogen) atoms. The zero-order valence-corrected chi connectivity index (χ0v) is 11.1. The molecule has 1 aromatic heterocycles. The van der Waals surface area contributed by atoms with Gasteiger partial charge in [-0.3, -0.25) is 4.98 Å². The first-order valence-corrected chi connectivity index (χ1v) is 6.44. The number of phenolic OH excluding ortho intramolecular Hbond substituents is 1. The van der Waals surface area contributed by atoms with E-state index in [4.69, 9.17) is 0 Å². The maximum atomic E-state index is 10.9. The van der Waals surface area contributed by atoms with Crippen LogP contribution in [0.15, 0.2) is 60.9 Å². The second-order valence-corrected chi connectivity index (χ2v) is 5.02. The van der Waals surface area contributed by atoms with Crippen molar-refractivity contribution in [2.75, 3.05) is 0 Å². The molecule has 0 amide bonds. The molecule has 3 rings (SSSR count). The van der Waals surface area contributed by atoms with Crippen LogP contribution in [-0.4, -0.2) is 15.2 Å². The molecule has 0 aliphatic rings. The zero-order chi connectivity index (χ0) is 14.2. The van der Waals surface area contributed by atoms with Gasteiger partial charge in [0, 0.05) is 17.8 Å². The average molecular weight is 265 g/mol. The smallest absolute Gasteiger partial charge is 0.115 e. The molecule has 1 unspecified atom stereocenters. The van der Waals surface area contributed by atoms with Crippen molar-refractivity contribution in [3.05, 3.63) is 72.1 Å². The average Bonchev–Trinajstić information content (AvgIpc) is 2.47. The zero-order valence-electron chi connectivity index (χ0n) is 11.1. The minimum Gasteiger partial charge on any atom is -0.508 e. The number of phenols is 1. The first kappa shape index (κ1) is 12.6. The van der Waals surface area contributed by atoms with E-state index in [1.165, 1.54) is 0 Å². The molecular weight excluding hydrogens is 250 g/mol. The number of fused-ring (bicyclic) bond motifs is 1. The third-order valence-corrected chi connectivity index (χ3v) is 3.63. The summed E-state index contributed by atoms with van der Waals surface area (Å²) in [5, 5.41) is 22.3. The van der Waals surface area contributed by atoms with E-state index in [0.29, 0.717) is 0 Å². The quantitative estimate of drug-likeness (QED) is 0.748. The summed E-state index contributed by atoms with van der Waals surface area (Å²) in [7, 11) is 0. The molecule has 3 heteroatoms. The predicted octanol–water partition coefficient (Wildman–Crippen LogP) is 3.20. The van der Waals surface area contributed by atoms with Gasteiger partial charge in [-0.2, -0.15) is 0 Å². The topological polar surface area (TPSA) is 53.4 Å². The van der Waals surface area contributed by atoms with Gasteiger partial charge in [-0.25, -0.2) is 0 Å². The highest BCUT2D eigenvalue weighted by atomic mass is 16.3. The Bertz CT molecular complexity index is 743. The van der Waals surface area contributed by atoms with Gasteiger partial charge in [-0.05, 0) is 41.6 Å². The lowest BCUT2D eigenvalue weighted by molar-refractivity contribution is 0.104. The van der Waals surface area contributed by atoms with Gasteiger partial charge in [0.1, 0.15) is 11.4 Å². The van der Waals surface area contributed by atoms with Crippen LogP contribution in [0.1, 0.15) is 18.1 Å². The molecule has 2 N–H and O–H groups in total. The van der Waals surface area contributed by atoms with Gasteiger partial charge in [-0.1, -0.05) is 30.3 Å².